The summed E-state index contributed by atoms with van der Waals surface area (Å²) in [4.78, 5) is 16.9. The third kappa shape index (κ3) is 4.62. The number of nitrogen functional groups attached to an aromatic ring is 1. The zero-order chi connectivity index (χ0) is 18.5. The number of carbonyl (C=O) groups is 1. The molecule has 1 fully saturated rings. The molecule has 5 nitrogen and oxygen atoms in total. The van der Waals surface area contributed by atoms with Gasteiger partial charge in [-0.1, -0.05) is 42.5 Å². The number of aliphatic hydroxyl groups is 1. The molecule has 0 spiro atoms. The number of nitrogens with two attached hydrogens (primary N) is 1. The number of carbonyl (C=O) groups excluding carboxylic acids is 1. The molecule has 1 amide bonds. The van der Waals surface area contributed by atoms with Crippen LogP contribution in [0.3, 0.4) is 0 Å². The first-order valence-corrected chi connectivity index (χ1v) is 9.08. The Morgan fingerprint density at radius 3 is 2.69 bits per heavy atom. The lowest BCUT2D eigenvalue weighted by Gasteiger charge is -2.32. The van der Waals surface area contributed by atoms with Gasteiger partial charge in [0, 0.05) is 32.4 Å². The van der Waals surface area contributed by atoms with Crippen LogP contribution >= 0.6 is 0 Å². The van der Waals surface area contributed by atoms with Crippen molar-refractivity contribution in [2.75, 3.05) is 32.4 Å². The molecule has 2 aromatic carbocycles. The molecule has 3 rings (SSSR count). The first kappa shape index (κ1) is 18.4. The Morgan fingerprint density at radius 1 is 1.27 bits per heavy atom. The Balaban J connectivity index is 1.75. The van der Waals surface area contributed by atoms with Crippen molar-refractivity contribution in [3.63, 3.8) is 0 Å². The van der Waals surface area contributed by atoms with Gasteiger partial charge in [-0.05, 0) is 29.7 Å². The fraction of sp³-hybridized carbons (Fsp3) is 0.381. The van der Waals surface area contributed by atoms with Crippen LogP contribution in [0, 0.1) is 0 Å². The van der Waals surface area contributed by atoms with Crippen LogP contribution in [0.15, 0.2) is 54.6 Å². The molecule has 0 radical (unpaired) electrons. The van der Waals surface area contributed by atoms with Gasteiger partial charge in [0.05, 0.1) is 18.6 Å². The number of hydrogen-bond donors (Lipinski definition) is 2. The van der Waals surface area contributed by atoms with E-state index in [2.05, 4.69) is 17.0 Å². The van der Waals surface area contributed by atoms with Gasteiger partial charge in [-0.25, -0.2) is 0 Å². The molecule has 0 aliphatic carbocycles. The van der Waals surface area contributed by atoms with E-state index in [-0.39, 0.29) is 18.1 Å². The van der Waals surface area contributed by atoms with Crippen molar-refractivity contribution in [1.82, 2.24) is 9.80 Å². The minimum atomic E-state index is -0.264. The summed E-state index contributed by atoms with van der Waals surface area (Å²) in [5.74, 6) is 0.0594. The monoisotopic (exact) mass is 353 g/mol. The van der Waals surface area contributed by atoms with Crippen molar-refractivity contribution >= 4 is 11.6 Å². The van der Waals surface area contributed by atoms with Crippen molar-refractivity contribution in [1.29, 1.82) is 0 Å². The first-order chi connectivity index (χ1) is 12.5. The molecule has 5 heteroatoms. The second-order valence-corrected chi connectivity index (χ2v) is 7.06. The van der Waals surface area contributed by atoms with Crippen molar-refractivity contribution in [3.05, 3.63) is 65.7 Å². The van der Waals surface area contributed by atoms with E-state index in [0.29, 0.717) is 18.7 Å². The zero-order valence-corrected chi connectivity index (χ0v) is 15.2. The summed E-state index contributed by atoms with van der Waals surface area (Å²) in [7, 11) is 1.86. The minimum Gasteiger partial charge on any atom is -0.399 e. The van der Waals surface area contributed by atoms with Crippen molar-refractivity contribution < 1.29 is 9.90 Å². The smallest absolute Gasteiger partial charge is 0.227 e. The summed E-state index contributed by atoms with van der Waals surface area (Å²) in [6, 6.07) is 17.5. The molecule has 0 aromatic heterocycles. The molecule has 26 heavy (non-hydrogen) atoms. The van der Waals surface area contributed by atoms with Crippen molar-refractivity contribution in [2.45, 2.75) is 25.0 Å². The number of benzene rings is 2. The van der Waals surface area contributed by atoms with Crippen LogP contribution in [0.2, 0.25) is 0 Å². The zero-order valence-electron chi connectivity index (χ0n) is 15.2. The molecule has 0 bridgehead atoms. The average Bonchev–Trinajstić information content (AvgIpc) is 3.05. The molecule has 1 unspecified atom stereocenters. The highest BCUT2D eigenvalue weighted by Gasteiger charge is 2.28. The highest BCUT2D eigenvalue weighted by molar-refractivity contribution is 5.79. The van der Waals surface area contributed by atoms with Gasteiger partial charge < -0.3 is 15.7 Å². The number of amides is 1. The Kier molecular flexibility index (Phi) is 5.91. The molecule has 2 atom stereocenters. The number of rotatable bonds is 6. The SMILES string of the molecule is CN(C(=O)Cc1cccc(N)c1)[C@H](CN1CCC(O)C1)c1ccccc1. The number of likely N-dealkylation sites (N-methyl/N-ethyl adjacent to an activating group) is 1. The van der Waals surface area contributed by atoms with Crippen LogP contribution in [0.25, 0.3) is 0 Å². The normalized spacial score (nSPS) is 18.6. The first-order valence-electron chi connectivity index (χ1n) is 9.08. The number of likely N-dealkylation sites (tertiary alicyclic amines) is 1. The van der Waals surface area contributed by atoms with E-state index in [1.807, 2.05) is 54.4 Å². The van der Waals surface area contributed by atoms with Gasteiger partial charge in [0.15, 0.2) is 0 Å². The largest absolute Gasteiger partial charge is 0.399 e. The van der Waals surface area contributed by atoms with Crippen LogP contribution in [0.4, 0.5) is 5.69 Å². The lowest BCUT2D eigenvalue weighted by molar-refractivity contribution is -0.131. The van der Waals surface area contributed by atoms with Gasteiger partial charge in [0.2, 0.25) is 5.91 Å². The van der Waals surface area contributed by atoms with Gasteiger partial charge >= 0.3 is 0 Å². The fourth-order valence-electron chi connectivity index (χ4n) is 3.53. The quantitative estimate of drug-likeness (QED) is 0.780. The molecule has 1 aliphatic rings. The molecule has 3 N–H and O–H groups in total. The molecular formula is C21H27N3O2. The number of anilines is 1. The Hall–Kier alpha value is -2.37. The molecule has 1 heterocycles. The average molecular weight is 353 g/mol. The minimum absolute atomic E-state index is 0.0462. The van der Waals surface area contributed by atoms with E-state index in [0.717, 1.165) is 30.6 Å². The summed E-state index contributed by atoms with van der Waals surface area (Å²) < 4.78 is 0. The van der Waals surface area contributed by atoms with E-state index in [1.54, 1.807) is 0 Å². The predicted molar refractivity (Wildman–Crippen MR) is 104 cm³/mol. The second-order valence-electron chi connectivity index (χ2n) is 7.06. The molecule has 1 saturated heterocycles. The standard InChI is InChI=1S/C21H27N3O2/c1-23(21(26)13-16-6-5-9-18(22)12-16)20(17-7-3-2-4-8-17)15-24-11-10-19(25)14-24/h2-9,12,19-20,25H,10-11,13-15,22H2,1H3/t19?,20-/m1/s1. The molecule has 0 saturated carbocycles. The summed E-state index contributed by atoms with van der Waals surface area (Å²) in [5.41, 5.74) is 8.53. The lowest BCUT2D eigenvalue weighted by Crippen LogP contribution is -2.39. The molecule has 2 aromatic rings. The van der Waals surface area contributed by atoms with Crippen LogP contribution in [-0.2, 0) is 11.2 Å². The molecular weight excluding hydrogens is 326 g/mol. The topological polar surface area (TPSA) is 69.8 Å². The third-order valence-corrected chi connectivity index (χ3v) is 5.03. The van der Waals surface area contributed by atoms with E-state index < -0.39 is 0 Å². The maximum absolute atomic E-state index is 12.9. The lowest BCUT2D eigenvalue weighted by atomic mass is 10.0. The summed E-state index contributed by atoms with van der Waals surface area (Å²) in [6.45, 7) is 2.25. The molecule has 138 valence electrons. The highest BCUT2D eigenvalue weighted by atomic mass is 16.3. The maximum atomic E-state index is 12.9. The van der Waals surface area contributed by atoms with E-state index in [1.165, 1.54) is 0 Å². The van der Waals surface area contributed by atoms with Crippen LogP contribution < -0.4 is 5.73 Å². The Labute approximate surface area is 155 Å². The Bertz CT molecular complexity index is 735. The van der Waals surface area contributed by atoms with Crippen LogP contribution in [0.5, 0.6) is 0 Å². The third-order valence-electron chi connectivity index (χ3n) is 5.03. The maximum Gasteiger partial charge on any atom is 0.227 e. The highest BCUT2D eigenvalue weighted by Crippen LogP contribution is 2.24. The van der Waals surface area contributed by atoms with Crippen LogP contribution in [0.1, 0.15) is 23.6 Å². The number of aliphatic hydroxyl groups excluding tert-OH is 1. The van der Waals surface area contributed by atoms with Gasteiger partial charge in [-0.3, -0.25) is 9.69 Å². The summed E-state index contributed by atoms with van der Waals surface area (Å²) in [6.07, 6.45) is 0.857. The predicted octanol–water partition coefficient (Wildman–Crippen LogP) is 2.08. The fourth-order valence-corrected chi connectivity index (χ4v) is 3.53. The van der Waals surface area contributed by atoms with Gasteiger partial charge in [0.25, 0.3) is 0 Å². The van der Waals surface area contributed by atoms with Crippen molar-refractivity contribution in [2.24, 2.45) is 0 Å². The number of hydrogen-bond acceptors (Lipinski definition) is 4. The van der Waals surface area contributed by atoms with Crippen molar-refractivity contribution in [3.8, 4) is 0 Å². The van der Waals surface area contributed by atoms with E-state index in [9.17, 15) is 9.90 Å². The van der Waals surface area contributed by atoms with E-state index in [4.69, 9.17) is 5.73 Å². The number of β-amino-alcohol motifs (C(OH)–C–C–N with tert-alkyl or cyclic N) is 1. The van der Waals surface area contributed by atoms with Gasteiger partial charge in [0.1, 0.15) is 0 Å². The van der Waals surface area contributed by atoms with E-state index >= 15 is 0 Å². The van der Waals surface area contributed by atoms with Crippen LogP contribution in [-0.4, -0.2) is 53.6 Å². The second kappa shape index (κ2) is 8.34. The summed E-state index contributed by atoms with van der Waals surface area (Å²) >= 11 is 0. The number of nitrogens with zero attached hydrogens (tertiary/aromatic N) is 2. The van der Waals surface area contributed by atoms with Gasteiger partial charge in [-0.15, -0.1) is 0 Å². The molecule has 1 aliphatic heterocycles. The summed E-state index contributed by atoms with van der Waals surface area (Å²) in [5, 5.41) is 9.82. The Morgan fingerprint density at radius 2 is 2.04 bits per heavy atom. The van der Waals surface area contributed by atoms with Gasteiger partial charge in [-0.2, -0.15) is 0 Å².